The lowest BCUT2D eigenvalue weighted by Gasteiger charge is -1.97. The van der Waals surface area contributed by atoms with E-state index in [-0.39, 0.29) is 16.5 Å². The molecule has 0 atom stereocenters. The Morgan fingerprint density at radius 1 is 1.64 bits per heavy atom. The molecular formula is C7H6FNO4S. The predicted octanol–water partition coefficient (Wildman–Crippen LogP) is 1.78. The van der Waals surface area contributed by atoms with Crippen LogP contribution in [-0.4, -0.2) is 24.2 Å². The summed E-state index contributed by atoms with van der Waals surface area (Å²) in [5.41, 5.74) is 0. The average molecular weight is 219 g/mol. The van der Waals surface area contributed by atoms with E-state index in [9.17, 15) is 19.3 Å². The van der Waals surface area contributed by atoms with Crippen LogP contribution in [-0.2, 0) is 4.74 Å². The standard InChI is InChI=1S/C7H6FNO4S/c8-3-4-13-7(10)5-1-2-6(14-5)9(11)12/h1-2H,3-4H2. The van der Waals surface area contributed by atoms with Gasteiger partial charge in [0.1, 0.15) is 18.2 Å². The van der Waals surface area contributed by atoms with Gasteiger partial charge in [0.15, 0.2) is 0 Å². The number of carbonyl (C=O) groups is 1. The Morgan fingerprint density at radius 2 is 2.36 bits per heavy atom. The molecule has 0 aliphatic carbocycles. The molecule has 0 saturated carbocycles. The highest BCUT2D eigenvalue weighted by Crippen LogP contribution is 2.24. The van der Waals surface area contributed by atoms with E-state index in [0.29, 0.717) is 11.3 Å². The van der Waals surface area contributed by atoms with Crippen LogP contribution in [0.1, 0.15) is 9.67 Å². The summed E-state index contributed by atoms with van der Waals surface area (Å²) in [5.74, 6) is -0.735. The molecule has 0 fully saturated rings. The average Bonchev–Trinajstić information content (AvgIpc) is 2.62. The highest BCUT2D eigenvalue weighted by atomic mass is 32.1. The van der Waals surface area contributed by atoms with Crippen LogP contribution in [0.4, 0.5) is 9.39 Å². The van der Waals surface area contributed by atoms with Gasteiger partial charge in [-0.25, -0.2) is 9.18 Å². The third-order valence-electron chi connectivity index (χ3n) is 1.28. The van der Waals surface area contributed by atoms with E-state index in [4.69, 9.17) is 0 Å². The zero-order valence-electron chi connectivity index (χ0n) is 6.94. The van der Waals surface area contributed by atoms with E-state index in [1.165, 1.54) is 12.1 Å². The highest BCUT2D eigenvalue weighted by Gasteiger charge is 2.15. The van der Waals surface area contributed by atoms with Gasteiger partial charge in [0.05, 0.1) is 4.92 Å². The second kappa shape index (κ2) is 4.66. The zero-order valence-corrected chi connectivity index (χ0v) is 7.75. The largest absolute Gasteiger partial charge is 0.459 e. The fourth-order valence-electron chi connectivity index (χ4n) is 0.738. The molecule has 5 nitrogen and oxygen atoms in total. The summed E-state index contributed by atoms with van der Waals surface area (Å²) >= 11 is 0.703. The van der Waals surface area contributed by atoms with Gasteiger partial charge in [-0.2, -0.15) is 0 Å². The van der Waals surface area contributed by atoms with E-state index in [0.717, 1.165) is 0 Å². The number of carbonyl (C=O) groups excluding carboxylic acids is 1. The predicted molar refractivity (Wildman–Crippen MR) is 47.2 cm³/mol. The lowest BCUT2D eigenvalue weighted by molar-refractivity contribution is -0.380. The molecule has 1 aromatic rings. The normalized spacial score (nSPS) is 9.79. The van der Waals surface area contributed by atoms with Crippen molar-refractivity contribution in [1.29, 1.82) is 0 Å². The van der Waals surface area contributed by atoms with E-state index in [2.05, 4.69) is 4.74 Å². The molecule has 0 amide bonds. The molecule has 0 aliphatic rings. The minimum absolute atomic E-state index is 0.102. The number of hydrogen-bond donors (Lipinski definition) is 0. The Balaban J connectivity index is 2.66. The van der Waals surface area contributed by atoms with E-state index in [1.54, 1.807) is 0 Å². The number of ether oxygens (including phenoxy) is 1. The van der Waals surface area contributed by atoms with Crippen molar-refractivity contribution in [2.24, 2.45) is 0 Å². The third-order valence-corrected chi connectivity index (χ3v) is 2.30. The van der Waals surface area contributed by atoms with Crippen molar-refractivity contribution in [1.82, 2.24) is 0 Å². The van der Waals surface area contributed by atoms with Crippen molar-refractivity contribution in [3.05, 3.63) is 27.1 Å². The molecular weight excluding hydrogens is 213 g/mol. The van der Waals surface area contributed by atoms with Crippen LogP contribution in [0.3, 0.4) is 0 Å². The molecule has 0 spiro atoms. The molecule has 1 rings (SSSR count). The molecule has 0 radical (unpaired) electrons. The Labute approximate surface area is 82.3 Å². The van der Waals surface area contributed by atoms with Crippen LogP contribution >= 0.6 is 11.3 Å². The summed E-state index contributed by atoms with van der Waals surface area (Å²) in [4.78, 5) is 20.8. The maximum Gasteiger partial charge on any atom is 0.348 e. The number of thiophene rings is 1. The van der Waals surface area contributed by atoms with Crippen molar-refractivity contribution in [3.63, 3.8) is 0 Å². The third kappa shape index (κ3) is 2.49. The van der Waals surface area contributed by atoms with Crippen LogP contribution in [0.5, 0.6) is 0 Å². The zero-order chi connectivity index (χ0) is 10.6. The van der Waals surface area contributed by atoms with Crippen LogP contribution in [0, 0.1) is 10.1 Å². The molecule has 0 saturated heterocycles. The summed E-state index contributed by atoms with van der Waals surface area (Å²) in [5, 5.41) is 10.1. The smallest absolute Gasteiger partial charge is 0.348 e. The number of nitrogens with zero attached hydrogens (tertiary/aromatic N) is 1. The summed E-state index contributed by atoms with van der Waals surface area (Å²) in [7, 11) is 0. The molecule has 0 N–H and O–H groups in total. The van der Waals surface area contributed by atoms with Gasteiger partial charge >= 0.3 is 11.0 Å². The van der Waals surface area contributed by atoms with E-state index >= 15 is 0 Å². The van der Waals surface area contributed by atoms with Gasteiger partial charge in [0, 0.05) is 6.07 Å². The number of esters is 1. The van der Waals surface area contributed by atoms with Crippen LogP contribution in [0.2, 0.25) is 0 Å². The van der Waals surface area contributed by atoms with Gasteiger partial charge in [-0.15, -0.1) is 0 Å². The van der Waals surface area contributed by atoms with Gasteiger partial charge in [-0.3, -0.25) is 10.1 Å². The van der Waals surface area contributed by atoms with Crippen molar-refractivity contribution < 1.29 is 18.8 Å². The molecule has 1 aromatic heterocycles. The first-order chi connectivity index (χ1) is 6.65. The van der Waals surface area contributed by atoms with Crippen LogP contribution in [0.15, 0.2) is 12.1 Å². The first-order valence-corrected chi connectivity index (χ1v) is 4.44. The number of rotatable bonds is 4. The number of alkyl halides is 1. The fourth-order valence-corrected chi connectivity index (χ4v) is 1.45. The second-order valence-electron chi connectivity index (χ2n) is 2.22. The lowest BCUT2D eigenvalue weighted by Crippen LogP contribution is -2.05. The summed E-state index contributed by atoms with van der Waals surface area (Å²) < 4.78 is 16.1. The Kier molecular flexibility index (Phi) is 3.52. The van der Waals surface area contributed by atoms with Gasteiger partial charge in [0.2, 0.25) is 0 Å². The highest BCUT2D eigenvalue weighted by molar-refractivity contribution is 7.17. The first kappa shape index (κ1) is 10.6. The molecule has 0 aromatic carbocycles. The Bertz CT molecular complexity index is 351. The van der Waals surface area contributed by atoms with Crippen molar-refractivity contribution >= 4 is 22.3 Å². The lowest BCUT2D eigenvalue weighted by atomic mass is 10.5. The minimum atomic E-state index is -0.765. The van der Waals surface area contributed by atoms with Crippen LogP contribution < -0.4 is 0 Å². The second-order valence-corrected chi connectivity index (χ2v) is 3.28. The van der Waals surface area contributed by atoms with Crippen molar-refractivity contribution in [3.8, 4) is 0 Å². The maximum atomic E-state index is 11.6. The SMILES string of the molecule is O=C(OCCF)c1ccc([N+](=O)[O-])s1. The fraction of sp³-hybridized carbons (Fsp3) is 0.286. The Hall–Kier alpha value is -1.50. The topological polar surface area (TPSA) is 69.4 Å². The molecule has 0 bridgehead atoms. The number of hydrogen-bond acceptors (Lipinski definition) is 5. The first-order valence-electron chi connectivity index (χ1n) is 3.62. The van der Waals surface area contributed by atoms with Crippen molar-refractivity contribution in [2.75, 3.05) is 13.3 Å². The summed E-state index contributed by atoms with van der Waals surface area (Å²) in [6, 6.07) is 2.49. The summed E-state index contributed by atoms with van der Waals surface area (Å²) in [6.45, 7) is -1.09. The molecule has 1 heterocycles. The molecule has 0 unspecified atom stereocenters. The summed E-state index contributed by atoms with van der Waals surface area (Å²) in [6.07, 6.45) is 0. The molecule has 0 aliphatic heterocycles. The Morgan fingerprint density at radius 3 is 2.86 bits per heavy atom. The molecule has 76 valence electrons. The molecule has 14 heavy (non-hydrogen) atoms. The number of nitro groups is 1. The molecule has 7 heteroatoms. The van der Waals surface area contributed by atoms with Gasteiger partial charge < -0.3 is 4.74 Å². The van der Waals surface area contributed by atoms with E-state index in [1.807, 2.05) is 0 Å². The minimum Gasteiger partial charge on any atom is -0.459 e. The number of halogens is 1. The van der Waals surface area contributed by atoms with Gasteiger partial charge in [-0.05, 0) is 6.07 Å². The monoisotopic (exact) mass is 219 g/mol. The van der Waals surface area contributed by atoms with Gasteiger partial charge in [-0.1, -0.05) is 11.3 Å². The van der Waals surface area contributed by atoms with E-state index < -0.39 is 17.6 Å². The van der Waals surface area contributed by atoms with Crippen molar-refractivity contribution in [2.45, 2.75) is 0 Å². The van der Waals surface area contributed by atoms with Gasteiger partial charge in [0.25, 0.3) is 0 Å². The van der Waals surface area contributed by atoms with Crippen LogP contribution in [0.25, 0.3) is 0 Å². The maximum absolute atomic E-state index is 11.6. The quantitative estimate of drug-likeness (QED) is 0.439.